The third-order valence-electron chi connectivity index (χ3n) is 3.72. The first kappa shape index (κ1) is 18.7. The van der Waals surface area contributed by atoms with Crippen LogP contribution in [-0.4, -0.2) is 56.3 Å². The van der Waals surface area contributed by atoms with Crippen molar-refractivity contribution in [2.24, 2.45) is 0 Å². The molecule has 0 bridgehead atoms. The molecule has 2 N–H and O–H groups in total. The maximum atomic E-state index is 12.5. The molecular formula is C16H15ClN2O3S3. The molecule has 2 aliphatic heterocycles. The molecule has 0 unspecified atom stereocenters. The van der Waals surface area contributed by atoms with E-state index in [1.165, 1.54) is 4.90 Å². The minimum atomic E-state index is -0.553. The van der Waals surface area contributed by atoms with Gasteiger partial charge in [0.05, 0.1) is 17.1 Å². The lowest BCUT2D eigenvalue weighted by atomic mass is 10.2. The van der Waals surface area contributed by atoms with E-state index in [0.29, 0.717) is 25.8 Å². The van der Waals surface area contributed by atoms with E-state index in [9.17, 15) is 14.7 Å². The van der Waals surface area contributed by atoms with E-state index in [-0.39, 0.29) is 24.4 Å². The van der Waals surface area contributed by atoms with Crippen LogP contribution >= 0.6 is 47.3 Å². The number of nitrogens with one attached hydrogen (secondary N) is 1. The standard InChI is InChI=1S/C16H15ClN2O3S3/c17-10-3-1-2-9(4-10)5-13-15(22)19(16(23)25-13)6-14(21)18-11-7-24-8-12(11)20/h1-5,11-12,20H,6-8H2,(H,18,21)/b13-5-/t11-,12+/m0/s1. The van der Waals surface area contributed by atoms with Crippen LogP contribution in [0.5, 0.6) is 0 Å². The SMILES string of the molecule is O=C(CN1C(=O)/C(=C/c2cccc(Cl)c2)SC1=S)N[C@H]1CSC[C@H]1O. The van der Waals surface area contributed by atoms with Gasteiger partial charge in [0.1, 0.15) is 10.9 Å². The number of carbonyl (C=O) groups excluding carboxylic acids is 2. The molecule has 0 spiro atoms. The summed E-state index contributed by atoms with van der Waals surface area (Å²) in [6, 6.07) is 6.86. The van der Waals surface area contributed by atoms with Gasteiger partial charge in [-0.2, -0.15) is 11.8 Å². The molecule has 132 valence electrons. The molecule has 1 aromatic carbocycles. The number of rotatable bonds is 4. The molecule has 2 saturated heterocycles. The second kappa shape index (κ2) is 8.09. The zero-order valence-electron chi connectivity index (χ0n) is 13.0. The number of thiocarbonyl (C=S) groups is 1. The van der Waals surface area contributed by atoms with E-state index < -0.39 is 6.10 Å². The summed E-state index contributed by atoms with van der Waals surface area (Å²) in [6.07, 6.45) is 1.16. The fourth-order valence-corrected chi connectivity index (χ4v) is 5.08. The maximum Gasteiger partial charge on any atom is 0.266 e. The molecular weight excluding hydrogens is 400 g/mol. The van der Waals surface area contributed by atoms with Crippen LogP contribution in [0, 0.1) is 0 Å². The van der Waals surface area contributed by atoms with Gasteiger partial charge in [-0.1, -0.05) is 47.7 Å². The number of hydrogen-bond donors (Lipinski definition) is 2. The van der Waals surface area contributed by atoms with Crippen LogP contribution in [0.25, 0.3) is 6.08 Å². The Bertz CT molecular complexity index is 756. The van der Waals surface area contributed by atoms with Gasteiger partial charge in [-0.15, -0.1) is 0 Å². The number of aliphatic hydroxyl groups is 1. The number of halogens is 1. The molecule has 0 saturated carbocycles. The van der Waals surface area contributed by atoms with Gasteiger partial charge in [0.2, 0.25) is 5.91 Å². The largest absolute Gasteiger partial charge is 0.390 e. The highest BCUT2D eigenvalue weighted by Gasteiger charge is 2.34. The van der Waals surface area contributed by atoms with Crippen LogP contribution in [-0.2, 0) is 9.59 Å². The van der Waals surface area contributed by atoms with Crippen molar-refractivity contribution in [2.75, 3.05) is 18.1 Å². The molecule has 0 radical (unpaired) electrons. The smallest absolute Gasteiger partial charge is 0.266 e. The quantitative estimate of drug-likeness (QED) is 0.581. The summed E-state index contributed by atoms with van der Waals surface area (Å²) in [6.45, 7) is -0.147. The zero-order valence-corrected chi connectivity index (χ0v) is 16.2. The van der Waals surface area contributed by atoms with E-state index in [2.05, 4.69) is 5.32 Å². The highest BCUT2D eigenvalue weighted by molar-refractivity contribution is 8.26. The third kappa shape index (κ3) is 4.57. The van der Waals surface area contributed by atoms with Gasteiger partial charge < -0.3 is 10.4 Å². The van der Waals surface area contributed by atoms with Crippen molar-refractivity contribution in [3.63, 3.8) is 0 Å². The van der Waals surface area contributed by atoms with E-state index in [4.69, 9.17) is 23.8 Å². The van der Waals surface area contributed by atoms with E-state index >= 15 is 0 Å². The third-order valence-corrected chi connectivity index (χ3v) is 6.50. The van der Waals surface area contributed by atoms with Crippen LogP contribution in [0.4, 0.5) is 0 Å². The Morgan fingerprint density at radius 3 is 2.96 bits per heavy atom. The molecule has 0 aliphatic carbocycles. The summed E-state index contributed by atoms with van der Waals surface area (Å²) in [5, 5.41) is 13.1. The molecule has 9 heteroatoms. The first-order chi connectivity index (χ1) is 11.9. The summed E-state index contributed by atoms with van der Waals surface area (Å²) in [5.41, 5.74) is 0.795. The van der Waals surface area contributed by atoms with Crippen molar-refractivity contribution >= 4 is 69.6 Å². The summed E-state index contributed by atoms with van der Waals surface area (Å²) < 4.78 is 0.342. The Kier molecular flexibility index (Phi) is 6.06. The minimum Gasteiger partial charge on any atom is -0.390 e. The average molecular weight is 415 g/mol. The Labute approximate surface area is 164 Å². The predicted octanol–water partition coefficient (Wildman–Crippen LogP) is 2.13. The van der Waals surface area contributed by atoms with Crippen LogP contribution in [0.1, 0.15) is 5.56 Å². The minimum absolute atomic E-state index is 0.147. The van der Waals surface area contributed by atoms with E-state index in [0.717, 1.165) is 17.3 Å². The molecule has 1 aromatic rings. The molecule has 2 atom stereocenters. The van der Waals surface area contributed by atoms with Crippen molar-refractivity contribution in [3.8, 4) is 0 Å². The summed E-state index contributed by atoms with van der Waals surface area (Å²) in [4.78, 5) is 26.4. The molecule has 5 nitrogen and oxygen atoms in total. The number of amides is 2. The summed E-state index contributed by atoms with van der Waals surface area (Å²) >= 11 is 13.9. The van der Waals surface area contributed by atoms with E-state index in [1.807, 2.05) is 6.07 Å². The van der Waals surface area contributed by atoms with Crippen LogP contribution in [0.15, 0.2) is 29.2 Å². The lowest BCUT2D eigenvalue weighted by molar-refractivity contribution is -0.129. The average Bonchev–Trinajstić information content (AvgIpc) is 3.06. The number of benzene rings is 1. The summed E-state index contributed by atoms with van der Waals surface area (Å²) in [5.74, 6) is 0.646. The normalized spacial score (nSPS) is 25.0. The number of aliphatic hydroxyl groups excluding tert-OH is 1. The Balaban J connectivity index is 1.66. The molecule has 2 amide bonds. The van der Waals surface area contributed by atoms with Gasteiger partial charge in [-0.25, -0.2) is 0 Å². The lowest BCUT2D eigenvalue weighted by Crippen LogP contribution is -2.47. The fraction of sp³-hybridized carbons (Fsp3) is 0.312. The number of carbonyl (C=O) groups is 2. The molecule has 3 rings (SSSR count). The molecule has 2 heterocycles. The van der Waals surface area contributed by atoms with Crippen molar-refractivity contribution in [1.29, 1.82) is 0 Å². The fourth-order valence-electron chi connectivity index (χ4n) is 2.46. The maximum absolute atomic E-state index is 12.5. The van der Waals surface area contributed by atoms with Crippen LogP contribution in [0.3, 0.4) is 0 Å². The number of hydrogen-bond acceptors (Lipinski definition) is 6. The highest BCUT2D eigenvalue weighted by atomic mass is 35.5. The first-order valence-corrected chi connectivity index (χ1v) is 10.3. The zero-order chi connectivity index (χ0) is 18.0. The first-order valence-electron chi connectivity index (χ1n) is 7.50. The lowest BCUT2D eigenvalue weighted by Gasteiger charge is -2.18. The van der Waals surface area contributed by atoms with Crippen molar-refractivity contribution in [3.05, 3.63) is 39.8 Å². The highest BCUT2D eigenvalue weighted by Crippen LogP contribution is 2.32. The monoisotopic (exact) mass is 414 g/mol. The molecule has 2 fully saturated rings. The van der Waals surface area contributed by atoms with Gasteiger partial charge in [0.25, 0.3) is 5.91 Å². The Morgan fingerprint density at radius 2 is 2.28 bits per heavy atom. The van der Waals surface area contributed by atoms with Gasteiger partial charge in [0, 0.05) is 16.5 Å². The van der Waals surface area contributed by atoms with Crippen molar-refractivity contribution in [2.45, 2.75) is 12.1 Å². The Morgan fingerprint density at radius 1 is 1.48 bits per heavy atom. The molecule has 0 aromatic heterocycles. The van der Waals surface area contributed by atoms with E-state index in [1.54, 1.807) is 36.0 Å². The van der Waals surface area contributed by atoms with Crippen molar-refractivity contribution in [1.82, 2.24) is 10.2 Å². The van der Waals surface area contributed by atoms with Crippen LogP contribution in [0.2, 0.25) is 5.02 Å². The van der Waals surface area contributed by atoms with Crippen LogP contribution < -0.4 is 5.32 Å². The van der Waals surface area contributed by atoms with Gasteiger partial charge in [-0.05, 0) is 23.8 Å². The number of thioether (sulfide) groups is 2. The van der Waals surface area contributed by atoms with Crippen molar-refractivity contribution < 1.29 is 14.7 Å². The molecule has 25 heavy (non-hydrogen) atoms. The van der Waals surface area contributed by atoms with Gasteiger partial charge in [0.15, 0.2) is 0 Å². The second-order valence-corrected chi connectivity index (χ2v) is 8.79. The number of nitrogens with zero attached hydrogens (tertiary/aromatic N) is 1. The molecule has 2 aliphatic rings. The summed E-state index contributed by atoms with van der Waals surface area (Å²) in [7, 11) is 0. The Hall–Kier alpha value is -1.06. The topological polar surface area (TPSA) is 69.6 Å². The van der Waals surface area contributed by atoms with Gasteiger partial charge in [-0.3, -0.25) is 14.5 Å². The van der Waals surface area contributed by atoms with Gasteiger partial charge >= 0.3 is 0 Å². The predicted molar refractivity (Wildman–Crippen MR) is 107 cm³/mol. The second-order valence-electron chi connectivity index (χ2n) is 5.60.